The number of hydrogen-bond donors (Lipinski definition) is 0. The molecular weight excluding hydrogens is 376 g/mol. The van der Waals surface area contributed by atoms with Gasteiger partial charge in [-0.05, 0) is 56.9 Å². The molecule has 1 aliphatic rings. The number of fused-ring (bicyclic) bond motifs is 1. The van der Waals surface area contributed by atoms with Gasteiger partial charge < -0.3 is 19.0 Å². The highest BCUT2D eigenvalue weighted by Gasteiger charge is 2.30. The Bertz CT molecular complexity index is 984. The second-order valence-corrected chi connectivity index (χ2v) is 8.25. The molecule has 0 unspecified atom stereocenters. The van der Waals surface area contributed by atoms with Gasteiger partial charge >= 0.3 is 0 Å². The van der Waals surface area contributed by atoms with Gasteiger partial charge in [-0.2, -0.15) is 5.10 Å². The molecule has 6 nitrogen and oxygen atoms in total. The Balaban J connectivity index is 1.76. The van der Waals surface area contributed by atoms with Crippen LogP contribution in [0.25, 0.3) is 0 Å². The molecule has 0 spiro atoms. The quantitative estimate of drug-likeness (QED) is 0.568. The number of methoxy groups -OCH3 is 1. The summed E-state index contributed by atoms with van der Waals surface area (Å²) in [6.07, 6.45) is 3.87. The van der Waals surface area contributed by atoms with Crippen LogP contribution in [0.5, 0.6) is 0 Å². The van der Waals surface area contributed by atoms with Crippen molar-refractivity contribution in [2.75, 3.05) is 36.6 Å². The van der Waals surface area contributed by atoms with Crippen LogP contribution in [0.4, 0.5) is 17.3 Å². The smallest absolute Gasteiger partial charge is 0.160 e. The van der Waals surface area contributed by atoms with Gasteiger partial charge in [-0.1, -0.05) is 17.7 Å². The number of nitrogens with zero attached hydrogens (tertiary/aromatic N) is 4. The number of benzene rings is 1. The lowest BCUT2D eigenvalue weighted by molar-refractivity contribution is 0.204. The average Bonchev–Trinajstić information content (AvgIpc) is 3.31. The van der Waals surface area contributed by atoms with E-state index in [9.17, 15) is 0 Å². The Morgan fingerprint density at radius 2 is 1.97 bits per heavy atom. The van der Waals surface area contributed by atoms with E-state index in [-0.39, 0.29) is 0 Å². The third-order valence-corrected chi connectivity index (χ3v) is 5.85. The summed E-state index contributed by atoms with van der Waals surface area (Å²) in [5.41, 5.74) is 6.52. The third kappa shape index (κ3) is 3.84. The molecule has 0 amide bonds. The van der Waals surface area contributed by atoms with Crippen LogP contribution < -0.4 is 9.80 Å². The molecule has 3 heterocycles. The van der Waals surface area contributed by atoms with Crippen LogP contribution in [0.1, 0.15) is 34.4 Å². The molecule has 0 saturated heterocycles. The monoisotopic (exact) mass is 408 g/mol. The van der Waals surface area contributed by atoms with E-state index >= 15 is 0 Å². The molecule has 2 aromatic heterocycles. The normalized spacial score (nSPS) is 13.6. The Morgan fingerprint density at radius 1 is 1.20 bits per heavy atom. The summed E-state index contributed by atoms with van der Waals surface area (Å²) < 4.78 is 13.1. The van der Waals surface area contributed by atoms with E-state index in [0.717, 1.165) is 43.3 Å². The maximum atomic E-state index is 5.64. The molecule has 160 valence electrons. The molecule has 0 bridgehead atoms. The first kappa shape index (κ1) is 20.5. The Hall–Kier alpha value is -2.73. The summed E-state index contributed by atoms with van der Waals surface area (Å²) in [7, 11) is 3.79. The minimum absolute atomic E-state index is 0.653. The van der Waals surface area contributed by atoms with Gasteiger partial charge in [0.05, 0.1) is 19.4 Å². The van der Waals surface area contributed by atoms with Gasteiger partial charge in [-0.15, -0.1) is 0 Å². The maximum absolute atomic E-state index is 5.64. The lowest BCUT2D eigenvalue weighted by Gasteiger charge is -2.32. The summed E-state index contributed by atoms with van der Waals surface area (Å²) in [5.74, 6) is 3.18. The van der Waals surface area contributed by atoms with Crippen molar-refractivity contribution in [3.63, 3.8) is 0 Å². The van der Waals surface area contributed by atoms with Gasteiger partial charge in [0.1, 0.15) is 11.6 Å². The summed E-state index contributed by atoms with van der Waals surface area (Å²) >= 11 is 0. The number of aryl methyl sites for hydroxylation is 4. The van der Waals surface area contributed by atoms with Crippen LogP contribution in [-0.2, 0) is 24.8 Å². The standard InChI is InChI=1S/C24H32N4O2/c1-17-14-18(2)22(19(3)15-17)28-10-6-9-21-23(28)25-26(4)24(21)27(11-13-29-5)16-20-8-7-12-30-20/h7-8,12,14-15H,6,9-11,13,16H2,1-5H3. The van der Waals surface area contributed by atoms with Crippen LogP contribution in [0.3, 0.4) is 0 Å². The lowest BCUT2D eigenvalue weighted by Crippen LogP contribution is -2.30. The molecule has 0 N–H and O–H groups in total. The van der Waals surface area contributed by atoms with E-state index < -0.39 is 0 Å². The predicted octanol–water partition coefficient (Wildman–Crippen LogP) is 4.68. The zero-order valence-corrected chi connectivity index (χ0v) is 18.7. The molecule has 6 heteroatoms. The highest BCUT2D eigenvalue weighted by atomic mass is 16.5. The van der Waals surface area contributed by atoms with Gasteiger partial charge in [-0.25, -0.2) is 0 Å². The molecule has 1 aliphatic heterocycles. The van der Waals surface area contributed by atoms with Crippen LogP contribution in [-0.4, -0.2) is 36.6 Å². The average molecular weight is 409 g/mol. The molecule has 30 heavy (non-hydrogen) atoms. The van der Waals surface area contributed by atoms with Crippen molar-refractivity contribution >= 4 is 17.3 Å². The van der Waals surface area contributed by atoms with Crippen LogP contribution in [0, 0.1) is 20.8 Å². The Labute approximate surface area is 179 Å². The van der Waals surface area contributed by atoms with Crippen molar-refractivity contribution < 1.29 is 9.15 Å². The molecule has 4 rings (SSSR count). The highest BCUT2D eigenvalue weighted by Crippen LogP contribution is 2.41. The number of anilines is 3. The molecule has 0 atom stereocenters. The van der Waals surface area contributed by atoms with E-state index in [2.05, 4.69) is 42.7 Å². The first-order valence-corrected chi connectivity index (χ1v) is 10.7. The van der Waals surface area contributed by atoms with Crippen molar-refractivity contribution in [2.24, 2.45) is 7.05 Å². The number of aromatic nitrogens is 2. The zero-order chi connectivity index (χ0) is 21.3. The molecule has 0 aliphatic carbocycles. The molecule has 0 saturated carbocycles. The fourth-order valence-corrected chi connectivity index (χ4v) is 4.77. The van der Waals surface area contributed by atoms with Gasteiger partial charge in [0, 0.05) is 38.5 Å². The number of ether oxygens (including phenoxy) is 1. The van der Waals surface area contributed by atoms with Gasteiger partial charge in [-0.3, -0.25) is 4.68 Å². The fraction of sp³-hybridized carbons (Fsp3) is 0.458. The highest BCUT2D eigenvalue weighted by molar-refractivity contribution is 5.74. The van der Waals surface area contributed by atoms with Crippen molar-refractivity contribution in [1.82, 2.24) is 9.78 Å². The summed E-state index contributed by atoms with van der Waals surface area (Å²) in [6, 6.07) is 8.49. The van der Waals surface area contributed by atoms with E-state index in [1.807, 2.05) is 23.9 Å². The van der Waals surface area contributed by atoms with E-state index in [4.69, 9.17) is 14.3 Å². The maximum Gasteiger partial charge on any atom is 0.160 e. The van der Waals surface area contributed by atoms with Gasteiger partial charge in [0.15, 0.2) is 5.82 Å². The Kier molecular flexibility index (Phi) is 5.86. The first-order chi connectivity index (χ1) is 14.5. The Morgan fingerprint density at radius 3 is 2.63 bits per heavy atom. The van der Waals surface area contributed by atoms with E-state index in [1.54, 1.807) is 13.4 Å². The molecule has 0 fully saturated rings. The second-order valence-electron chi connectivity index (χ2n) is 8.25. The fourth-order valence-electron chi connectivity index (χ4n) is 4.77. The summed E-state index contributed by atoms with van der Waals surface area (Å²) in [5, 5.41) is 5.00. The van der Waals surface area contributed by atoms with Crippen LogP contribution >= 0.6 is 0 Å². The van der Waals surface area contributed by atoms with Crippen LogP contribution in [0.2, 0.25) is 0 Å². The van der Waals surface area contributed by atoms with E-state index in [1.165, 1.54) is 27.9 Å². The number of furan rings is 1. The molecule has 0 radical (unpaired) electrons. The third-order valence-electron chi connectivity index (χ3n) is 5.85. The van der Waals surface area contributed by atoms with Crippen molar-refractivity contribution in [3.05, 3.63) is 58.5 Å². The summed E-state index contributed by atoms with van der Waals surface area (Å²) in [6.45, 7) is 9.69. The van der Waals surface area contributed by atoms with Gasteiger partial charge in [0.2, 0.25) is 0 Å². The predicted molar refractivity (Wildman–Crippen MR) is 121 cm³/mol. The summed E-state index contributed by atoms with van der Waals surface area (Å²) in [4.78, 5) is 4.74. The van der Waals surface area contributed by atoms with E-state index in [0.29, 0.717) is 13.2 Å². The molecule has 3 aromatic rings. The minimum Gasteiger partial charge on any atom is -0.467 e. The second kappa shape index (κ2) is 8.56. The zero-order valence-electron chi connectivity index (χ0n) is 18.7. The number of rotatable bonds is 7. The molecular formula is C24H32N4O2. The topological polar surface area (TPSA) is 46.7 Å². The van der Waals surface area contributed by atoms with Crippen LogP contribution in [0.15, 0.2) is 34.9 Å². The van der Waals surface area contributed by atoms with Crippen molar-refractivity contribution in [1.29, 1.82) is 0 Å². The first-order valence-electron chi connectivity index (χ1n) is 10.7. The molecule has 1 aromatic carbocycles. The minimum atomic E-state index is 0.653. The number of hydrogen-bond acceptors (Lipinski definition) is 5. The van der Waals surface area contributed by atoms with Gasteiger partial charge in [0.25, 0.3) is 0 Å². The largest absolute Gasteiger partial charge is 0.467 e. The van der Waals surface area contributed by atoms with Crippen molar-refractivity contribution in [3.8, 4) is 0 Å². The lowest BCUT2D eigenvalue weighted by atomic mass is 10.0. The SMILES string of the molecule is COCCN(Cc1ccco1)c1c2c(nn1C)N(c1c(C)cc(C)cc1C)CCC2. The van der Waals surface area contributed by atoms with Crippen molar-refractivity contribution in [2.45, 2.75) is 40.2 Å².